The second kappa shape index (κ2) is 8.70. The molecular formula is C21H23N2O5PS. The summed E-state index contributed by atoms with van der Waals surface area (Å²) in [7, 11) is -4.89. The number of rotatable bonds is 6. The number of benzene rings is 3. The highest BCUT2D eigenvalue weighted by atomic mass is 32.2. The lowest BCUT2D eigenvalue weighted by Crippen LogP contribution is -2.27. The summed E-state index contributed by atoms with van der Waals surface area (Å²) in [5.41, 5.74) is 2.59. The average molecular weight is 446 g/mol. The lowest BCUT2D eigenvalue weighted by atomic mass is 10.0. The molecule has 0 spiro atoms. The van der Waals surface area contributed by atoms with Gasteiger partial charge in [0, 0.05) is 18.0 Å². The number of hydrogen-bond acceptors (Lipinski definition) is 3. The van der Waals surface area contributed by atoms with E-state index in [4.69, 9.17) is 0 Å². The van der Waals surface area contributed by atoms with Gasteiger partial charge in [-0.15, -0.1) is 0 Å². The molecule has 3 rings (SSSR count). The first-order valence-corrected chi connectivity index (χ1v) is 12.1. The molecule has 3 N–H and O–H groups in total. The maximum Gasteiger partial charge on any atom is 0.345 e. The number of aryl methyl sites for hydroxylation is 2. The van der Waals surface area contributed by atoms with Crippen molar-refractivity contribution in [1.82, 2.24) is 5.32 Å². The first-order valence-electron chi connectivity index (χ1n) is 9.17. The van der Waals surface area contributed by atoms with E-state index < -0.39 is 24.9 Å². The van der Waals surface area contributed by atoms with Crippen molar-refractivity contribution >= 4 is 40.9 Å². The van der Waals surface area contributed by atoms with Crippen LogP contribution >= 0.6 is 7.60 Å². The van der Waals surface area contributed by atoms with E-state index in [2.05, 4.69) is 5.32 Å². The van der Waals surface area contributed by atoms with Crippen LogP contribution in [-0.4, -0.2) is 33.2 Å². The zero-order valence-corrected chi connectivity index (χ0v) is 18.5. The van der Waals surface area contributed by atoms with Gasteiger partial charge in [-0.3, -0.25) is 13.7 Å². The number of hydrogen-bond donors (Lipinski definition) is 3. The molecule has 0 saturated heterocycles. The minimum atomic E-state index is -4.55. The van der Waals surface area contributed by atoms with E-state index in [0.717, 1.165) is 11.1 Å². The van der Waals surface area contributed by atoms with E-state index >= 15 is 0 Å². The standard InChI is InChI=1S/C21H23N2O5PS/c1-14-10-15(2)12-16(11-14)30(28)23(13-29(25,26)27)20-9-5-6-17-18(20)7-4-8-19(17)21(24)22-3/h4-12H,13H2,1-3H3,(H,22,24)(H2,25,26,27). The van der Waals surface area contributed by atoms with Crippen molar-refractivity contribution in [3.05, 3.63) is 71.3 Å². The smallest absolute Gasteiger partial charge is 0.345 e. The van der Waals surface area contributed by atoms with Crippen LogP contribution in [0.5, 0.6) is 0 Å². The molecule has 3 aromatic carbocycles. The third-order valence-corrected chi connectivity index (χ3v) is 6.76. The molecule has 0 aliphatic carbocycles. The monoisotopic (exact) mass is 446 g/mol. The van der Waals surface area contributed by atoms with Crippen LogP contribution < -0.4 is 9.62 Å². The van der Waals surface area contributed by atoms with E-state index in [1.54, 1.807) is 48.5 Å². The molecule has 0 saturated carbocycles. The Balaban J connectivity index is 2.22. The average Bonchev–Trinajstić information content (AvgIpc) is 2.68. The molecule has 9 heteroatoms. The van der Waals surface area contributed by atoms with Crippen molar-refractivity contribution in [2.24, 2.45) is 0 Å². The van der Waals surface area contributed by atoms with Crippen LogP contribution in [0.1, 0.15) is 21.5 Å². The molecular weight excluding hydrogens is 423 g/mol. The van der Waals surface area contributed by atoms with Gasteiger partial charge >= 0.3 is 7.60 Å². The van der Waals surface area contributed by atoms with Crippen molar-refractivity contribution < 1.29 is 23.4 Å². The van der Waals surface area contributed by atoms with Gasteiger partial charge in [-0.1, -0.05) is 30.3 Å². The highest BCUT2D eigenvalue weighted by molar-refractivity contribution is 7.87. The molecule has 0 aliphatic heterocycles. The van der Waals surface area contributed by atoms with E-state index in [0.29, 0.717) is 26.9 Å². The molecule has 1 atom stereocenters. The molecule has 0 fully saturated rings. The van der Waals surface area contributed by atoms with Crippen molar-refractivity contribution in [1.29, 1.82) is 0 Å². The first kappa shape index (κ1) is 22.2. The first-order chi connectivity index (χ1) is 14.1. The van der Waals surface area contributed by atoms with E-state index in [-0.39, 0.29) is 5.91 Å². The Morgan fingerprint density at radius 1 is 1.03 bits per heavy atom. The number of carbonyl (C=O) groups excluding carboxylic acids is 1. The van der Waals surface area contributed by atoms with Crippen LogP contribution in [0.4, 0.5) is 5.69 Å². The fourth-order valence-electron chi connectivity index (χ4n) is 3.39. The Hall–Kier alpha value is -2.51. The maximum atomic E-state index is 13.5. The van der Waals surface area contributed by atoms with Crippen LogP contribution in [-0.2, 0) is 15.6 Å². The Bertz CT molecular complexity index is 1170. The maximum absolute atomic E-state index is 13.5. The van der Waals surface area contributed by atoms with E-state index in [1.165, 1.54) is 11.4 Å². The number of amides is 1. The van der Waals surface area contributed by atoms with Gasteiger partial charge in [-0.05, 0) is 54.6 Å². The van der Waals surface area contributed by atoms with Crippen molar-refractivity contribution in [2.45, 2.75) is 18.7 Å². The summed E-state index contributed by atoms with van der Waals surface area (Å²) in [5.74, 6) is -0.283. The summed E-state index contributed by atoms with van der Waals surface area (Å²) in [6.45, 7) is 3.74. The second-order valence-electron chi connectivity index (χ2n) is 7.01. The van der Waals surface area contributed by atoms with Gasteiger partial charge in [0.1, 0.15) is 6.29 Å². The Morgan fingerprint density at radius 3 is 2.23 bits per heavy atom. The Kier molecular flexibility index (Phi) is 6.43. The minimum absolute atomic E-state index is 0.283. The Morgan fingerprint density at radius 2 is 1.63 bits per heavy atom. The third kappa shape index (κ3) is 4.79. The number of nitrogens with zero attached hydrogens (tertiary/aromatic N) is 1. The second-order valence-corrected chi connectivity index (χ2v) is 10.0. The van der Waals surface area contributed by atoms with Gasteiger partial charge in [-0.25, -0.2) is 4.21 Å². The van der Waals surface area contributed by atoms with Gasteiger partial charge in [-0.2, -0.15) is 0 Å². The summed E-state index contributed by atoms with van der Waals surface area (Å²) in [6.07, 6.45) is -0.726. The number of fused-ring (bicyclic) bond motifs is 1. The van der Waals surface area contributed by atoms with Crippen molar-refractivity contribution in [3.63, 3.8) is 0 Å². The fourth-order valence-corrected chi connectivity index (χ4v) is 5.91. The Labute approximate surface area is 177 Å². The molecule has 0 aromatic heterocycles. The lowest BCUT2D eigenvalue weighted by molar-refractivity contribution is 0.0964. The number of anilines is 1. The number of carbonyl (C=O) groups is 1. The zero-order chi connectivity index (χ0) is 22.1. The summed E-state index contributed by atoms with van der Waals surface area (Å²) >= 11 is 0. The number of nitrogens with one attached hydrogen (secondary N) is 1. The molecule has 30 heavy (non-hydrogen) atoms. The summed E-state index contributed by atoms with van der Waals surface area (Å²) in [6, 6.07) is 15.6. The van der Waals surface area contributed by atoms with Crippen molar-refractivity contribution in [3.8, 4) is 0 Å². The topological polar surface area (TPSA) is 107 Å². The van der Waals surface area contributed by atoms with Gasteiger partial charge in [0.25, 0.3) is 5.91 Å². The van der Waals surface area contributed by atoms with Gasteiger partial charge < -0.3 is 15.1 Å². The summed E-state index contributed by atoms with van der Waals surface area (Å²) in [5, 5.41) is 3.76. The SMILES string of the molecule is CNC(=O)c1cccc2c(N(CP(=O)(O)O)S(=O)c3cc(C)cc(C)c3)cccc12. The largest absolute Gasteiger partial charge is 0.355 e. The normalized spacial score (nSPS) is 12.6. The van der Waals surface area contributed by atoms with Gasteiger partial charge in [0.05, 0.1) is 10.6 Å². The van der Waals surface area contributed by atoms with E-state index in [1.807, 2.05) is 19.9 Å². The molecule has 0 heterocycles. The predicted octanol–water partition coefficient (Wildman–Crippen LogP) is 3.48. The quantitative estimate of drug-likeness (QED) is 0.503. The van der Waals surface area contributed by atoms with Crippen LogP contribution in [0.2, 0.25) is 0 Å². The highest BCUT2D eigenvalue weighted by Crippen LogP contribution is 2.40. The molecule has 0 radical (unpaired) electrons. The highest BCUT2D eigenvalue weighted by Gasteiger charge is 2.27. The third-order valence-electron chi connectivity index (χ3n) is 4.55. The zero-order valence-electron chi connectivity index (χ0n) is 16.8. The minimum Gasteiger partial charge on any atom is -0.355 e. The molecule has 1 unspecified atom stereocenters. The molecule has 7 nitrogen and oxygen atoms in total. The van der Waals surface area contributed by atoms with Crippen molar-refractivity contribution in [2.75, 3.05) is 17.6 Å². The van der Waals surface area contributed by atoms with Crippen LogP contribution in [0.15, 0.2) is 59.5 Å². The van der Waals surface area contributed by atoms with Crippen LogP contribution in [0.3, 0.4) is 0 Å². The summed E-state index contributed by atoms with van der Waals surface area (Å²) in [4.78, 5) is 32.1. The molecule has 0 aliphatic rings. The molecule has 3 aromatic rings. The van der Waals surface area contributed by atoms with Crippen LogP contribution in [0.25, 0.3) is 10.8 Å². The van der Waals surface area contributed by atoms with Gasteiger partial charge in [0.2, 0.25) is 0 Å². The summed E-state index contributed by atoms with van der Waals surface area (Å²) < 4.78 is 26.6. The lowest BCUT2D eigenvalue weighted by Gasteiger charge is -2.26. The molecule has 158 valence electrons. The van der Waals surface area contributed by atoms with Crippen LogP contribution in [0, 0.1) is 13.8 Å². The molecule has 0 bridgehead atoms. The predicted molar refractivity (Wildman–Crippen MR) is 119 cm³/mol. The van der Waals surface area contributed by atoms with E-state index in [9.17, 15) is 23.4 Å². The fraction of sp³-hybridized carbons (Fsp3) is 0.190. The van der Waals surface area contributed by atoms with Gasteiger partial charge in [0.15, 0.2) is 11.0 Å². The molecule has 1 amide bonds.